The third-order valence-electron chi connectivity index (χ3n) is 2.57. The minimum atomic E-state index is -3.00. The minimum absolute atomic E-state index is 0.0411. The molecule has 0 unspecified atom stereocenters. The average Bonchev–Trinajstić information content (AvgIpc) is 2.45. The fraction of sp³-hybridized carbons (Fsp3) is 0.133. The van der Waals surface area contributed by atoms with Crippen LogP contribution in [0.1, 0.15) is 15.9 Å². The van der Waals surface area contributed by atoms with Crippen molar-refractivity contribution in [3.05, 3.63) is 65.7 Å². The van der Waals surface area contributed by atoms with Gasteiger partial charge in [-0.25, -0.2) is 8.78 Å². The number of Topliss-reactive ketones (excluding diaryl/α,β-unsaturated/α-hetero) is 1. The van der Waals surface area contributed by atoms with Gasteiger partial charge in [0.25, 0.3) is 0 Å². The molecular weight excluding hydrogens is 250 g/mol. The van der Waals surface area contributed by atoms with Gasteiger partial charge in [0.15, 0.2) is 0 Å². The Morgan fingerprint density at radius 2 is 1.79 bits per heavy atom. The average molecular weight is 262 g/mol. The molecule has 2 rings (SSSR count). The minimum Gasteiger partial charge on any atom is -0.489 e. The van der Waals surface area contributed by atoms with Crippen LogP contribution in [0.25, 0.3) is 0 Å². The number of halogens is 2. The molecule has 2 nitrogen and oxygen atoms in total. The summed E-state index contributed by atoms with van der Waals surface area (Å²) in [6, 6.07) is 15.3. The molecule has 19 heavy (non-hydrogen) atoms. The predicted molar refractivity (Wildman–Crippen MR) is 67.6 cm³/mol. The monoisotopic (exact) mass is 262 g/mol. The summed E-state index contributed by atoms with van der Waals surface area (Å²) in [5.41, 5.74) is 0.925. The second kappa shape index (κ2) is 6.09. The van der Waals surface area contributed by atoms with Gasteiger partial charge in [0.2, 0.25) is 5.78 Å². The quantitative estimate of drug-likeness (QED) is 0.768. The van der Waals surface area contributed by atoms with Gasteiger partial charge in [-0.05, 0) is 17.7 Å². The molecule has 0 N–H and O–H groups in total. The Morgan fingerprint density at radius 1 is 1.05 bits per heavy atom. The molecule has 0 aliphatic carbocycles. The van der Waals surface area contributed by atoms with Crippen molar-refractivity contribution >= 4 is 5.78 Å². The first-order valence-corrected chi connectivity index (χ1v) is 5.76. The SMILES string of the molecule is O=C(c1cccc(OCc2ccccc2)c1)C(F)F. The summed E-state index contributed by atoms with van der Waals surface area (Å²) in [7, 11) is 0. The Balaban J connectivity index is 2.05. The first-order chi connectivity index (χ1) is 9.16. The standard InChI is InChI=1S/C15H12F2O2/c16-15(17)14(18)12-7-4-8-13(9-12)19-10-11-5-2-1-3-6-11/h1-9,15H,10H2. The van der Waals surface area contributed by atoms with Crippen molar-refractivity contribution in [1.82, 2.24) is 0 Å². The lowest BCUT2D eigenvalue weighted by Gasteiger charge is -2.07. The van der Waals surface area contributed by atoms with E-state index in [0.717, 1.165) is 5.56 Å². The zero-order chi connectivity index (χ0) is 13.7. The van der Waals surface area contributed by atoms with Crippen molar-refractivity contribution in [2.75, 3.05) is 0 Å². The van der Waals surface area contributed by atoms with Crippen LogP contribution in [0, 0.1) is 0 Å². The van der Waals surface area contributed by atoms with E-state index in [2.05, 4.69) is 0 Å². The molecule has 98 valence electrons. The van der Waals surface area contributed by atoms with Gasteiger partial charge >= 0.3 is 6.43 Å². The summed E-state index contributed by atoms with van der Waals surface area (Å²) in [5, 5.41) is 0. The molecule has 0 radical (unpaired) electrons. The third-order valence-corrected chi connectivity index (χ3v) is 2.57. The molecular formula is C15H12F2O2. The summed E-state index contributed by atoms with van der Waals surface area (Å²) in [6.45, 7) is 0.327. The van der Waals surface area contributed by atoms with Gasteiger partial charge in [-0.1, -0.05) is 42.5 Å². The fourth-order valence-electron chi connectivity index (χ4n) is 1.61. The van der Waals surface area contributed by atoms with Crippen LogP contribution < -0.4 is 4.74 Å². The number of hydrogen-bond donors (Lipinski definition) is 0. The number of ketones is 1. The van der Waals surface area contributed by atoms with E-state index in [1.165, 1.54) is 18.2 Å². The maximum Gasteiger partial charge on any atom is 0.300 e. The van der Waals surface area contributed by atoms with E-state index in [4.69, 9.17) is 4.74 Å². The molecule has 0 atom stereocenters. The smallest absolute Gasteiger partial charge is 0.300 e. The molecule has 0 aliphatic rings. The van der Waals surface area contributed by atoms with Gasteiger partial charge in [0, 0.05) is 5.56 Å². The number of alkyl halides is 2. The molecule has 0 aromatic heterocycles. The van der Waals surface area contributed by atoms with Crippen molar-refractivity contribution < 1.29 is 18.3 Å². The van der Waals surface area contributed by atoms with E-state index in [-0.39, 0.29) is 5.56 Å². The number of carbonyl (C=O) groups is 1. The van der Waals surface area contributed by atoms with E-state index in [1.807, 2.05) is 30.3 Å². The van der Waals surface area contributed by atoms with Gasteiger partial charge in [0.1, 0.15) is 12.4 Å². The van der Waals surface area contributed by atoms with Crippen molar-refractivity contribution in [1.29, 1.82) is 0 Å². The van der Waals surface area contributed by atoms with E-state index < -0.39 is 12.2 Å². The topological polar surface area (TPSA) is 26.3 Å². The first kappa shape index (κ1) is 13.2. The summed E-state index contributed by atoms with van der Waals surface area (Å²) >= 11 is 0. The lowest BCUT2D eigenvalue weighted by molar-refractivity contribution is 0.0678. The van der Waals surface area contributed by atoms with E-state index in [9.17, 15) is 13.6 Å². The van der Waals surface area contributed by atoms with Gasteiger partial charge in [-0.2, -0.15) is 0 Å². The highest BCUT2D eigenvalue weighted by molar-refractivity contribution is 5.98. The summed E-state index contributed by atoms with van der Waals surface area (Å²) in [4.78, 5) is 11.2. The van der Waals surface area contributed by atoms with Crippen molar-refractivity contribution in [3.63, 3.8) is 0 Å². The molecule has 0 fully saturated rings. The molecule has 0 saturated heterocycles. The maximum absolute atomic E-state index is 12.3. The Hall–Kier alpha value is -2.23. The second-order valence-corrected chi connectivity index (χ2v) is 3.97. The lowest BCUT2D eigenvalue weighted by atomic mass is 10.1. The fourth-order valence-corrected chi connectivity index (χ4v) is 1.61. The molecule has 0 amide bonds. The molecule has 0 bridgehead atoms. The van der Waals surface area contributed by atoms with Gasteiger partial charge in [-0.15, -0.1) is 0 Å². The van der Waals surface area contributed by atoms with Crippen molar-refractivity contribution in [3.8, 4) is 5.75 Å². The molecule has 2 aromatic rings. The maximum atomic E-state index is 12.3. The number of ether oxygens (including phenoxy) is 1. The largest absolute Gasteiger partial charge is 0.489 e. The number of benzene rings is 2. The van der Waals surface area contributed by atoms with Gasteiger partial charge in [-0.3, -0.25) is 4.79 Å². The van der Waals surface area contributed by atoms with Crippen LogP contribution in [0.5, 0.6) is 5.75 Å². The van der Waals surface area contributed by atoms with E-state index in [1.54, 1.807) is 6.07 Å². The summed E-state index contributed by atoms with van der Waals surface area (Å²) in [6.07, 6.45) is -3.00. The van der Waals surface area contributed by atoms with Crippen molar-refractivity contribution in [2.45, 2.75) is 13.0 Å². The summed E-state index contributed by atoms with van der Waals surface area (Å²) in [5.74, 6) is -0.791. The Labute approximate surface area is 109 Å². The van der Waals surface area contributed by atoms with Crippen LogP contribution in [0.2, 0.25) is 0 Å². The molecule has 0 heterocycles. The van der Waals surface area contributed by atoms with E-state index >= 15 is 0 Å². The number of hydrogen-bond acceptors (Lipinski definition) is 2. The lowest BCUT2D eigenvalue weighted by Crippen LogP contribution is -2.10. The Bertz CT molecular complexity index is 553. The third kappa shape index (κ3) is 3.61. The molecule has 2 aromatic carbocycles. The van der Waals surface area contributed by atoms with Crippen molar-refractivity contribution in [2.24, 2.45) is 0 Å². The molecule has 0 aliphatic heterocycles. The Kier molecular flexibility index (Phi) is 4.23. The van der Waals surface area contributed by atoms with Gasteiger partial charge in [0.05, 0.1) is 0 Å². The highest BCUT2D eigenvalue weighted by Crippen LogP contribution is 2.17. The van der Waals surface area contributed by atoms with Crippen LogP contribution >= 0.6 is 0 Å². The van der Waals surface area contributed by atoms with Crippen LogP contribution in [0.4, 0.5) is 8.78 Å². The first-order valence-electron chi connectivity index (χ1n) is 5.76. The van der Waals surface area contributed by atoms with Crippen LogP contribution in [0.3, 0.4) is 0 Å². The molecule has 0 saturated carbocycles. The highest BCUT2D eigenvalue weighted by Gasteiger charge is 2.17. The zero-order valence-electron chi connectivity index (χ0n) is 10.1. The normalized spacial score (nSPS) is 10.5. The zero-order valence-corrected chi connectivity index (χ0v) is 10.1. The van der Waals surface area contributed by atoms with Crippen LogP contribution in [-0.2, 0) is 6.61 Å². The summed E-state index contributed by atoms with van der Waals surface area (Å²) < 4.78 is 30.1. The predicted octanol–water partition coefficient (Wildman–Crippen LogP) is 3.71. The number of rotatable bonds is 5. The highest BCUT2D eigenvalue weighted by atomic mass is 19.3. The van der Waals surface area contributed by atoms with Crippen LogP contribution in [0.15, 0.2) is 54.6 Å². The molecule has 4 heteroatoms. The Morgan fingerprint density at radius 3 is 2.47 bits per heavy atom. The second-order valence-electron chi connectivity index (χ2n) is 3.97. The van der Waals surface area contributed by atoms with Gasteiger partial charge < -0.3 is 4.74 Å². The molecule has 0 spiro atoms. The van der Waals surface area contributed by atoms with Crippen LogP contribution in [-0.4, -0.2) is 12.2 Å². The van der Waals surface area contributed by atoms with E-state index in [0.29, 0.717) is 12.4 Å². The number of carbonyl (C=O) groups excluding carboxylic acids is 1.